The standard InChI is InChI=1S/C49H34N2/c1-2-8-33-15-17-34(18-16-33)37-19-21-46-47-22-20-38(30-49(47)45-14-4-3-13-44(45)48(46)29-37)35-9-5-10-36(25-35)41-26-42(39-11-6-23-50-31-39)28-43(27-41)40-12-7-24-51-32-40/h2-7,9-32H,1,8H2. The molecule has 240 valence electrons. The van der Waals surface area contributed by atoms with Gasteiger partial charge in [-0.3, -0.25) is 9.97 Å². The fourth-order valence-corrected chi connectivity index (χ4v) is 7.39. The van der Waals surface area contributed by atoms with Crippen LogP contribution < -0.4 is 0 Å². The molecule has 9 aromatic rings. The molecular weight excluding hydrogens is 617 g/mol. The molecule has 2 nitrogen and oxygen atoms in total. The Hall–Kier alpha value is -6.64. The van der Waals surface area contributed by atoms with E-state index >= 15 is 0 Å². The Morgan fingerprint density at radius 2 is 0.784 bits per heavy atom. The summed E-state index contributed by atoms with van der Waals surface area (Å²) in [5.41, 5.74) is 12.9. The molecule has 51 heavy (non-hydrogen) atoms. The van der Waals surface area contributed by atoms with Crippen LogP contribution in [0.1, 0.15) is 5.56 Å². The van der Waals surface area contributed by atoms with Gasteiger partial charge in [-0.1, -0.05) is 109 Å². The van der Waals surface area contributed by atoms with Crippen LogP contribution in [0.25, 0.3) is 88.0 Å². The summed E-state index contributed by atoms with van der Waals surface area (Å²) < 4.78 is 0. The van der Waals surface area contributed by atoms with Gasteiger partial charge in [0.2, 0.25) is 0 Å². The van der Waals surface area contributed by atoms with Crippen molar-refractivity contribution in [2.45, 2.75) is 6.42 Å². The molecule has 2 heteroatoms. The van der Waals surface area contributed by atoms with Crippen LogP contribution in [-0.2, 0) is 6.42 Å². The van der Waals surface area contributed by atoms with Gasteiger partial charge in [0.25, 0.3) is 0 Å². The van der Waals surface area contributed by atoms with Crippen LogP contribution in [0, 0.1) is 0 Å². The molecule has 0 radical (unpaired) electrons. The number of nitrogens with zero attached hydrogens (tertiary/aromatic N) is 2. The molecule has 2 aromatic heterocycles. The van der Waals surface area contributed by atoms with E-state index < -0.39 is 0 Å². The molecule has 0 fully saturated rings. The highest BCUT2D eigenvalue weighted by molar-refractivity contribution is 6.26. The van der Waals surface area contributed by atoms with Crippen LogP contribution >= 0.6 is 0 Å². The molecule has 0 atom stereocenters. The molecular formula is C49H34N2. The molecule has 0 aliphatic carbocycles. The molecule has 0 bridgehead atoms. The van der Waals surface area contributed by atoms with Crippen molar-refractivity contribution in [2.24, 2.45) is 0 Å². The van der Waals surface area contributed by atoms with Gasteiger partial charge >= 0.3 is 0 Å². The molecule has 7 aromatic carbocycles. The zero-order valence-electron chi connectivity index (χ0n) is 28.1. The lowest BCUT2D eigenvalue weighted by molar-refractivity contribution is 1.28. The SMILES string of the molecule is C=CCc1ccc(-c2ccc3c4ccc(-c5cccc(-c6cc(-c7cccnc7)cc(-c7cccnc7)c6)c5)cc4c4ccccc4c3c2)cc1. The highest BCUT2D eigenvalue weighted by atomic mass is 14.6. The fourth-order valence-electron chi connectivity index (χ4n) is 7.39. The fraction of sp³-hybridized carbons (Fsp3) is 0.0204. The van der Waals surface area contributed by atoms with E-state index in [1.165, 1.54) is 60.1 Å². The van der Waals surface area contributed by atoms with Gasteiger partial charge in [-0.25, -0.2) is 0 Å². The van der Waals surface area contributed by atoms with E-state index in [0.717, 1.165) is 39.8 Å². The highest BCUT2D eigenvalue weighted by Crippen LogP contribution is 2.40. The van der Waals surface area contributed by atoms with Gasteiger partial charge in [0.1, 0.15) is 0 Å². The van der Waals surface area contributed by atoms with Crippen LogP contribution in [0.4, 0.5) is 0 Å². The third-order valence-electron chi connectivity index (χ3n) is 9.96. The van der Waals surface area contributed by atoms with E-state index in [1.807, 2.05) is 43.0 Å². The largest absolute Gasteiger partial charge is 0.264 e. The van der Waals surface area contributed by atoms with Crippen LogP contribution in [0.15, 0.2) is 189 Å². The van der Waals surface area contributed by atoms with E-state index in [-0.39, 0.29) is 0 Å². The highest BCUT2D eigenvalue weighted by Gasteiger charge is 2.13. The maximum absolute atomic E-state index is 4.40. The molecule has 0 aliphatic rings. The lowest BCUT2D eigenvalue weighted by Crippen LogP contribution is -1.89. The minimum Gasteiger partial charge on any atom is -0.264 e. The summed E-state index contributed by atoms with van der Waals surface area (Å²) in [6, 6.07) is 55.4. The summed E-state index contributed by atoms with van der Waals surface area (Å²) >= 11 is 0. The Morgan fingerprint density at radius 1 is 0.353 bits per heavy atom. The maximum atomic E-state index is 4.40. The van der Waals surface area contributed by atoms with Crippen molar-refractivity contribution in [3.63, 3.8) is 0 Å². The van der Waals surface area contributed by atoms with Gasteiger partial charge < -0.3 is 0 Å². The van der Waals surface area contributed by atoms with Crippen molar-refractivity contribution in [1.82, 2.24) is 9.97 Å². The zero-order valence-corrected chi connectivity index (χ0v) is 28.1. The minimum atomic E-state index is 0.882. The van der Waals surface area contributed by atoms with Gasteiger partial charge in [-0.15, -0.1) is 6.58 Å². The molecule has 0 spiro atoms. The Labute approximate surface area is 298 Å². The smallest absolute Gasteiger partial charge is 0.0346 e. The molecule has 2 heterocycles. The van der Waals surface area contributed by atoms with E-state index in [4.69, 9.17) is 0 Å². The Bertz CT molecular complexity index is 2630. The second kappa shape index (κ2) is 13.0. The number of allylic oxidation sites excluding steroid dienone is 1. The van der Waals surface area contributed by atoms with Crippen molar-refractivity contribution >= 4 is 32.3 Å². The lowest BCUT2D eigenvalue weighted by atomic mass is 9.89. The topological polar surface area (TPSA) is 25.8 Å². The van der Waals surface area contributed by atoms with E-state index in [0.29, 0.717) is 0 Å². The van der Waals surface area contributed by atoms with Gasteiger partial charge in [0, 0.05) is 35.9 Å². The third kappa shape index (κ3) is 5.77. The lowest BCUT2D eigenvalue weighted by Gasteiger charge is -2.14. The predicted molar refractivity (Wildman–Crippen MR) is 216 cm³/mol. The molecule has 0 saturated carbocycles. The summed E-state index contributed by atoms with van der Waals surface area (Å²) in [4.78, 5) is 8.79. The van der Waals surface area contributed by atoms with Crippen molar-refractivity contribution in [2.75, 3.05) is 0 Å². The molecule has 0 amide bonds. The molecule has 0 unspecified atom stereocenters. The number of aromatic nitrogens is 2. The number of hydrogen-bond donors (Lipinski definition) is 0. The average molecular weight is 651 g/mol. The average Bonchev–Trinajstić information content (AvgIpc) is 3.21. The summed E-state index contributed by atoms with van der Waals surface area (Å²) in [7, 11) is 0. The summed E-state index contributed by atoms with van der Waals surface area (Å²) in [6.07, 6.45) is 10.3. The van der Waals surface area contributed by atoms with Crippen molar-refractivity contribution < 1.29 is 0 Å². The van der Waals surface area contributed by atoms with Gasteiger partial charge in [-0.05, 0) is 137 Å². The van der Waals surface area contributed by atoms with Crippen molar-refractivity contribution in [1.29, 1.82) is 0 Å². The monoisotopic (exact) mass is 650 g/mol. The zero-order chi connectivity index (χ0) is 34.1. The Kier molecular flexibility index (Phi) is 7.75. The van der Waals surface area contributed by atoms with Gasteiger partial charge in [0.15, 0.2) is 0 Å². The molecule has 0 saturated heterocycles. The van der Waals surface area contributed by atoms with Crippen LogP contribution in [-0.4, -0.2) is 9.97 Å². The second-order valence-electron chi connectivity index (χ2n) is 13.1. The van der Waals surface area contributed by atoms with Crippen molar-refractivity contribution in [3.05, 3.63) is 195 Å². The first kappa shape index (κ1) is 30.4. The summed E-state index contributed by atoms with van der Waals surface area (Å²) in [6.45, 7) is 3.88. The van der Waals surface area contributed by atoms with E-state index in [1.54, 1.807) is 0 Å². The molecule has 0 aliphatic heterocycles. The predicted octanol–water partition coefficient (Wildman–Crippen LogP) is 13.0. The molecule has 0 N–H and O–H groups in total. The Balaban J connectivity index is 1.15. The summed E-state index contributed by atoms with van der Waals surface area (Å²) in [5.74, 6) is 0. The maximum Gasteiger partial charge on any atom is 0.0346 e. The van der Waals surface area contributed by atoms with Crippen LogP contribution in [0.5, 0.6) is 0 Å². The third-order valence-corrected chi connectivity index (χ3v) is 9.96. The number of rotatable bonds is 7. The van der Waals surface area contributed by atoms with Gasteiger partial charge in [0.05, 0.1) is 0 Å². The first-order chi connectivity index (χ1) is 25.2. The van der Waals surface area contributed by atoms with Crippen LogP contribution in [0.2, 0.25) is 0 Å². The first-order valence-electron chi connectivity index (χ1n) is 17.4. The molecule has 9 rings (SSSR count). The van der Waals surface area contributed by atoms with Gasteiger partial charge in [-0.2, -0.15) is 0 Å². The number of pyridine rings is 2. The van der Waals surface area contributed by atoms with E-state index in [2.05, 4.69) is 156 Å². The van der Waals surface area contributed by atoms with Crippen LogP contribution in [0.3, 0.4) is 0 Å². The Morgan fingerprint density at radius 3 is 1.31 bits per heavy atom. The first-order valence-corrected chi connectivity index (χ1v) is 17.4. The number of benzene rings is 7. The normalized spacial score (nSPS) is 11.3. The number of fused-ring (bicyclic) bond motifs is 6. The quantitative estimate of drug-likeness (QED) is 0.127. The van der Waals surface area contributed by atoms with Crippen molar-refractivity contribution in [3.8, 4) is 55.6 Å². The number of hydrogen-bond acceptors (Lipinski definition) is 2. The second-order valence-corrected chi connectivity index (χ2v) is 13.1. The van der Waals surface area contributed by atoms with E-state index in [9.17, 15) is 0 Å². The minimum absolute atomic E-state index is 0.882. The summed E-state index contributed by atoms with van der Waals surface area (Å²) in [5, 5.41) is 7.61.